The number of pyridine rings is 1. The summed E-state index contributed by atoms with van der Waals surface area (Å²) in [5.41, 5.74) is 1.16. The van der Waals surface area contributed by atoms with E-state index in [9.17, 15) is 8.42 Å². The number of rotatable bonds is 5. The number of nitrogens with zero attached hydrogens (tertiary/aromatic N) is 3. The van der Waals surface area contributed by atoms with Crippen LogP contribution in [0.5, 0.6) is 0 Å². The summed E-state index contributed by atoms with van der Waals surface area (Å²) < 4.78 is 22.9. The molecule has 0 aliphatic heterocycles. The molecule has 0 bridgehead atoms. The Hall–Kier alpha value is -2.32. The minimum absolute atomic E-state index is 0.182. The van der Waals surface area contributed by atoms with E-state index in [4.69, 9.17) is 0 Å². The van der Waals surface area contributed by atoms with E-state index < -0.39 is 9.84 Å². The zero-order chi connectivity index (χ0) is 16.3. The molecule has 0 amide bonds. The van der Waals surface area contributed by atoms with Crippen LogP contribution in [0.1, 0.15) is 4.88 Å². The highest BCUT2D eigenvalue weighted by Gasteiger charge is 2.09. The molecule has 0 radical (unpaired) electrons. The standard InChI is InChI=1S/C15H14N4O2S2/c1-23(20,21)12-4-5-13(17-8-12)14-9-16-10-15(19-14)18-7-11-3-2-6-22-11/h2-6,8-10H,7H2,1H3,(H,18,19). The Labute approximate surface area is 138 Å². The lowest BCUT2D eigenvalue weighted by Gasteiger charge is -2.06. The quantitative estimate of drug-likeness (QED) is 0.764. The summed E-state index contributed by atoms with van der Waals surface area (Å²) in [5.74, 6) is 0.643. The SMILES string of the molecule is CS(=O)(=O)c1ccc(-c2cncc(NCc3cccs3)n2)nc1. The maximum absolute atomic E-state index is 11.5. The van der Waals surface area contributed by atoms with Crippen molar-refractivity contribution in [2.24, 2.45) is 0 Å². The van der Waals surface area contributed by atoms with E-state index in [-0.39, 0.29) is 4.90 Å². The van der Waals surface area contributed by atoms with Crippen molar-refractivity contribution in [2.45, 2.75) is 11.4 Å². The highest BCUT2D eigenvalue weighted by molar-refractivity contribution is 7.90. The summed E-state index contributed by atoms with van der Waals surface area (Å²) in [6, 6.07) is 7.19. The maximum atomic E-state index is 11.5. The van der Waals surface area contributed by atoms with Crippen LogP contribution in [0.3, 0.4) is 0 Å². The first-order chi connectivity index (χ1) is 11.0. The fourth-order valence-corrected chi connectivity index (χ4v) is 3.12. The van der Waals surface area contributed by atoms with E-state index >= 15 is 0 Å². The largest absolute Gasteiger partial charge is 0.364 e. The minimum Gasteiger partial charge on any atom is -0.364 e. The Morgan fingerprint density at radius 1 is 1.13 bits per heavy atom. The number of thiophene rings is 1. The summed E-state index contributed by atoms with van der Waals surface area (Å²) >= 11 is 1.67. The zero-order valence-electron chi connectivity index (χ0n) is 12.3. The van der Waals surface area contributed by atoms with Crippen LogP contribution in [-0.2, 0) is 16.4 Å². The molecule has 0 aliphatic carbocycles. The lowest BCUT2D eigenvalue weighted by atomic mass is 10.3. The summed E-state index contributed by atoms with van der Waals surface area (Å²) in [6.07, 6.45) is 5.72. The van der Waals surface area contributed by atoms with Gasteiger partial charge in [-0.05, 0) is 23.6 Å². The van der Waals surface area contributed by atoms with Crippen LogP contribution in [0.2, 0.25) is 0 Å². The molecule has 3 rings (SSSR count). The Morgan fingerprint density at radius 2 is 2.00 bits per heavy atom. The van der Waals surface area contributed by atoms with Crippen LogP contribution >= 0.6 is 11.3 Å². The Morgan fingerprint density at radius 3 is 2.65 bits per heavy atom. The smallest absolute Gasteiger partial charge is 0.177 e. The highest BCUT2D eigenvalue weighted by atomic mass is 32.2. The molecule has 6 nitrogen and oxygen atoms in total. The van der Waals surface area contributed by atoms with Crippen molar-refractivity contribution in [2.75, 3.05) is 11.6 Å². The van der Waals surface area contributed by atoms with Gasteiger partial charge >= 0.3 is 0 Å². The molecule has 118 valence electrons. The molecular formula is C15H14N4O2S2. The molecule has 8 heteroatoms. The topological polar surface area (TPSA) is 84.8 Å². The van der Waals surface area contributed by atoms with Crippen LogP contribution in [0.4, 0.5) is 5.82 Å². The molecular weight excluding hydrogens is 332 g/mol. The summed E-state index contributed by atoms with van der Waals surface area (Å²) in [7, 11) is -3.25. The van der Waals surface area contributed by atoms with Gasteiger partial charge in [-0.2, -0.15) is 0 Å². The average molecular weight is 346 g/mol. The molecule has 0 aliphatic rings. The van der Waals surface area contributed by atoms with Crippen molar-refractivity contribution >= 4 is 27.0 Å². The number of nitrogens with one attached hydrogen (secondary N) is 1. The van der Waals surface area contributed by atoms with Gasteiger partial charge in [-0.25, -0.2) is 13.4 Å². The number of hydrogen-bond donors (Lipinski definition) is 1. The van der Waals surface area contributed by atoms with Gasteiger partial charge in [0.05, 0.1) is 29.5 Å². The van der Waals surface area contributed by atoms with Crippen molar-refractivity contribution in [1.82, 2.24) is 15.0 Å². The van der Waals surface area contributed by atoms with E-state index in [2.05, 4.69) is 20.3 Å². The molecule has 0 spiro atoms. The van der Waals surface area contributed by atoms with Gasteiger partial charge in [-0.1, -0.05) is 6.07 Å². The van der Waals surface area contributed by atoms with Gasteiger partial charge in [0, 0.05) is 17.3 Å². The molecule has 0 aromatic carbocycles. The van der Waals surface area contributed by atoms with Crippen molar-refractivity contribution in [3.05, 3.63) is 53.1 Å². The molecule has 23 heavy (non-hydrogen) atoms. The first-order valence-corrected chi connectivity index (χ1v) is 9.54. The van der Waals surface area contributed by atoms with Gasteiger partial charge in [0.2, 0.25) is 0 Å². The number of hydrogen-bond acceptors (Lipinski definition) is 7. The zero-order valence-corrected chi connectivity index (χ0v) is 13.9. The van der Waals surface area contributed by atoms with Crippen LogP contribution in [0, 0.1) is 0 Å². The van der Waals surface area contributed by atoms with Crippen LogP contribution in [0.25, 0.3) is 11.4 Å². The minimum atomic E-state index is -3.25. The van der Waals surface area contributed by atoms with Crippen molar-refractivity contribution in [1.29, 1.82) is 0 Å². The van der Waals surface area contributed by atoms with Gasteiger partial charge in [0.15, 0.2) is 9.84 Å². The van der Waals surface area contributed by atoms with Crippen LogP contribution in [-0.4, -0.2) is 29.6 Å². The predicted molar refractivity (Wildman–Crippen MR) is 90.0 cm³/mol. The Bertz CT molecular complexity index is 891. The monoisotopic (exact) mass is 346 g/mol. The Balaban J connectivity index is 1.79. The molecule has 0 fully saturated rings. The summed E-state index contributed by atoms with van der Waals surface area (Å²) in [5, 5.41) is 5.23. The predicted octanol–water partition coefficient (Wildman–Crippen LogP) is 2.62. The Kier molecular flexibility index (Phi) is 4.35. The summed E-state index contributed by atoms with van der Waals surface area (Å²) in [4.78, 5) is 14.1. The first kappa shape index (κ1) is 15.6. The molecule has 3 heterocycles. The van der Waals surface area contributed by atoms with E-state index in [0.717, 1.165) is 6.26 Å². The summed E-state index contributed by atoms with van der Waals surface area (Å²) in [6.45, 7) is 0.677. The fourth-order valence-electron chi connectivity index (χ4n) is 1.92. The van der Waals surface area contributed by atoms with Crippen LogP contribution < -0.4 is 5.32 Å². The fraction of sp³-hybridized carbons (Fsp3) is 0.133. The average Bonchev–Trinajstić information content (AvgIpc) is 3.06. The number of aromatic nitrogens is 3. The van der Waals surface area contributed by atoms with Gasteiger partial charge in [-0.15, -0.1) is 11.3 Å². The van der Waals surface area contributed by atoms with Crippen molar-refractivity contribution in [3.63, 3.8) is 0 Å². The third-order valence-electron chi connectivity index (χ3n) is 3.09. The van der Waals surface area contributed by atoms with Gasteiger partial charge in [0.1, 0.15) is 11.5 Å². The second-order valence-corrected chi connectivity index (χ2v) is 7.92. The van der Waals surface area contributed by atoms with Crippen LogP contribution in [0.15, 0.2) is 53.1 Å². The molecule has 0 saturated heterocycles. The molecule has 1 N–H and O–H groups in total. The molecule has 0 saturated carbocycles. The van der Waals surface area contributed by atoms with E-state index in [0.29, 0.717) is 23.8 Å². The molecule has 3 aromatic rings. The third-order valence-corrected chi connectivity index (χ3v) is 5.06. The third kappa shape index (κ3) is 3.91. The number of anilines is 1. The van der Waals surface area contributed by atoms with E-state index in [1.807, 2.05) is 17.5 Å². The molecule has 0 atom stereocenters. The van der Waals surface area contributed by atoms with Gasteiger partial charge in [0.25, 0.3) is 0 Å². The molecule has 0 unspecified atom stereocenters. The van der Waals surface area contributed by atoms with E-state index in [1.54, 1.807) is 29.8 Å². The highest BCUT2D eigenvalue weighted by Crippen LogP contribution is 2.18. The lowest BCUT2D eigenvalue weighted by Crippen LogP contribution is -2.02. The van der Waals surface area contributed by atoms with E-state index in [1.165, 1.54) is 17.1 Å². The second kappa shape index (κ2) is 6.43. The molecule has 3 aromatic heterocycles. The normalized spacial score (nSPS) is 11.3. The number of sulfone groups is 1. The van der Waals surface area contributed by atoms with Crippen molar-refractivity contribution < 1.29 is 8.42 Å². The van der Waals surface area contributed by atoms with Crippen molar-refractivity contribution in [3.8, 4) is 11.4 Å². The second-order valence-electron chi connectivity index (χ2n) is 4.87. The van der Waals surface area contributed by atoms with Gasteiger partial charge in [-0.3, -0.25) is 9.97 Å². The lowest BCUT2D eigenvalue weighted by molar-refractivity contribution is 0.601. The first-order valence-electron chi connectivity index (χ1n) is 6.77. The maximum Gasteiger partial charge on any atom is 0.177 e. The van der Waals surface area contributed by atoms with Gasteiger partial charge < -0.3 is 5.32 Å².